The minimum absolute atomic E-state index is 0.142. The maximum absolute atomic E-state index is 14.1. The van der Waals surface area contributed by atoms with Crippen molar-refractivity contribution in [2.75, 3.05) is 11.9 Å². The van der Waals surface area contributed by atoms with Gasteiger partial charge in [0.2, 0.25) is 17.7 Å². The van der Waals surface area contributed by atoms with Gasteiger partial charge in [0, 0.05) is 11.4 Å². The number of amides is 3. The number of anilines is 1. The van der Waals surface area contributed by atoms with E-state index in [0.717, 1.165) is 5.56 Å². The van der Waals surface area contributed by atoms with Gasteiger partial charge in [0.15, 0.2) is 0 Å². The number of likely N-dealkylation sites (tertiary alicyclic amines) is 1. The average molecular weight is 605 g/mol. The molecule has 3 unspecified atom stereocenters. The largest absolute Gasteiger partial charge is 0.394 e. The quantitative estimate of drug-likeness (QED) is 0.401. The van der Waals surface area contributed by atoms with E-state index in [1.807, 2.05) is 44.2 Å². The van der Waals surface area contributed by atoms with E-state index in [0.29, 0.717) is 23.7 Å². The third-order valence-corrected chi connectivity index (χ3v) is 9.21. The van der Waals surface area contributed by atoms with Crippen molar-refractivity contribution in [1.29, 1.82) is 0 Å². The molecule has 38 heavy (non-hydrogen) atoms. The summed E-state index contributed by atoms with van der Waals surface area (Å²) in [6.07, 6.45) is -0.187. The minimum Gasteiger partial charge on any atom is -0.394 e. The van der Waals surface area contributed by atoms with E-state index in [9.17, 15) is 19.5 Å². The lowest BCUT2D eigenvalue weighted by atomic mass is 9.70. The van der Waals surface area contributed by atoms with Crippen LogP contribution in [0.1, 0.15) is 25.8 Å². The minimum atomic E-state index is -1.22. The maximum atomic E-state index is 14.1. The van der Waals surface area contributed by atoms with Crippen LogP contribution in [0.2, 0.25) is 5.02 Å². The van der Waals surface area contributed by atoms with E-state index in [1.54, 1.807) is 24.3 Å². The lowest BCUT2D eigenvalue weighted by Crippen LogP contribution is -2.57. The number of hydrogen-bond acceptors (Lipinski definition) is 5. The Balaban J connectivity index is 1.51. The number of nitrogens with zero attached hydrogens (tertiary/aromatic N) is 1. The molecule has 0 radical (unpaired) electrons. The second kappa shape index (κ2) is 10.6. The highest BCUT2D eigenvalue weighted by molar-refractivity contribution is 9.09. The summed E-state index contributed by atoms with van der Waals surface area (Å²) in [5, 5.41) is 16.5. The average Bonchev–Trinajstić information content (AvgIpc) is 3.48. The summed E-state index contributed by atoms with van der Waals surface area (Å²) in [7, 11) is 0. The van der Waals surface area contributed by atoms with Crippen LogP contribution in [-0.2, 0) is 25.7 Å². The molecule has 3 amide bonds. The Kier molecular flexibility index (Phi) is 7.57. The number of benzene rings is 2. The summed E-state index contributed by atoms with van der Waals surface area (Å²) >= 11 is 9.99. The predicted molar refractivity (Wildman–Crippen MR) is 147 cm³/mol. The Morgan fingerprint density at radius 2 is 1.84 bits per heavy atom. The van der Waals surface area contributed by atoms with Crippen molar-refractivity contribution in [3.05, 3.63) is 65.2 Å². The molecule has 7 atom stereocenters. The van der Waals surface area contributed by atoms with Gasteiger partial charge in [-0.15, -0.1) is 0 Å². The van der Waals surface area contributed by atoms with Crippen LogP contribution in [0.25, 0.3) is 0 Å². The molecule has 2 aromatic rings. The topological polar surface area (TPSA) is 108 Å². The Morgan fingerprint density at radius 3 is 2.50 bits per heavy atom. The SMILES string of the molecule is CC(C)[C@H](CO)N1C(=O)[C@@H]2[C@@H](C(=O)NCc3ccccc3)[C@@H]3OC2(CC3Br)C1C(=O)Nc1ccccc1Cl. The van der Waals surface area contributed by atoms with Gasteiger partial charge in [0.25, 0.3) is 0 Å². The van der Waals surface area contributed by atoms with Crippen LogP contribution in [0.3, 0.4) is 0 Å². The Bertz CT molecular complexity index is 1230. The van der Waals surface area contributed by atoms with Gasteiger partial charge in [0.1, 0.15) is 11.6 Å². The molecule has 10 heteroatoms. The summed E-state index contributed by atoms with van der Waals surface area (Å²) in [4.78, 5) is 42.9. The number of nitrogens with one attached hydrogen (secondary N) is 2. The molecule has 202 valence electrons. The fraction of sp³-hybridized carbons (Fsp3) is 0.464. The molecule has 1 spiro atoms. The predicted octanol–water partition coefficient (Wildman–Crippen LogP) is 3.36. The van der Waals surface area contributed by atoms with Gasteiger partial charge < -0.3 is 25.4 Å². The highest BCUT2D eigenvalue weighted by Gasteiger charge is 2.77. The number of aliphatic hydroxyl groups is 1. The van der Waals surface area contributed by atoms with Crippen LogP contribution in [-0.4, -0.2) is 63.0 Å². The molecule has 3 saturated heterocycles. The fourth-order valence-corrected chi connectivity index (χ4v) is 7.44. The Hall–Kier alpha value is -2.46. The number of halogens is 2. The highest BCUT2D eigenvalue weighted by Crippen LogP contribution is 2.60. The maximum Gasteiger partial charge on any atom is 0.250 e. The molecular formula is C28H31BrClN3O5. The zero-order valence-corrected chi connectivity index (χ0v) is 23.5. The van der Waals surface area contributed by atoms with Crippen LogP contribution >= 0.6 is 27.5 Å². The summed E-state index contributed by atoms with van der Waals surface area (Å²) in [6, 6.07) is 14.7. The Labute approximate surface area is 235 Å². The molecular weight excluding hydrogens is 574 g/mol. The normalized spacial score (nSPS) is 30.4. The number of hydrogen-bond donors (Lipinski definition) is 3. The molecule has 3 aliphatic rings. The van der Waals surface area contributed by atoms with Gasteiger partial charge in [-0.1, -0.05) is 83.8 Å². The lowest BCUT2D eigenvalue weighted by molar-refractivity contribution is -0.145. The van der Waals surface area contributed by atoms with Crippen molar-refractivity contribution in [3.8, 4) is 0 Å². The Morgan fingerprint density at radius 1 is 1.16 bits per heavy atom. The van der Waals surface area contributed by atoms with E-state index >= 15 is 0 Å². The second-order valence-corrected chi connectivity index (χ2v) is 12.2. The third kappa shape index (κ3) is 4.43. The molecule has 2 bridgehead atoms. The summed E-state index contributed by atoms with van der Waals surface area (Å²) in [5.74, 6) is -2.88. The number of alkyl halides is 1. The van der Waals surface area contributed by atoms with Gasteiger partial charge in [-0.2, -0.15) is 0 Å². The first-order valence-corrected chi connectivity index (χ1v) is 14.1. The van der Waals surface area contributed by atoms with Gasteiger partial charge >= 0.3 is 0 Å². The van der Waals surface area contributed by atoms with Gasteiger partial charge in [-0.05, 0) is 30.0 Å². The van der Waals surface area contributed by atoms with E-state index in [2.05, 4.69) is 26.6 Å². The number of para-hydroxylation sites is 1. The first-order valence-electron chi connectivity index (χ1n) is 12.8. The molecule has 3 N–H and O–H groups in total. The van der Waals surface area contributed by atoms with E-state index in [4.69, 9.17) is 16.3 Å². The number of carbonyl (C=O) groups is 3. The fourth-order valence-electron chi connectivity index (χ4n) is 6.31. The van der Waals surface area contributed by atoms with E-state index in [-0.39, 0.29) is 29.2 Å². The highest BCUT2D eigenvalue weighted by atomic mass is 79.9. The van der Waals surface area contributed by atoms with Gasteiger partial charge in [0.05, 0.1) is 41.3 Å². The second-order valence-electron chi connectivity index (χ2n) is 10.6. The standard InChI is InChI=1S/C28H31BrClN3O5/c1-15(2)20(14-34)33-24(26(36)32-19-11-7-6-10-18(19)30)28-12-17(29)23(38-28)21(22(28)27(33)37)25(35)31-13-16-8-4-3-5-9-16/h3-11,15,17,20-24,34H,12-14H2,1-2H3,(H,31,35)(H,32,36)/t17?,20-,21+,22-,23+,24?,28?/m0/s1. The van der Waals surface area contributed by atoms with Crippen LogP contribution in [0.4, 0.5) is 5.69 Å². The van der Waals surface area contributed by atoms with Gasteiger partial charge in [-0.25, -0.2) is 0 Å². The smallest absolute Gasteiger partial charge is 0.250 e. The summed E-state index contributed by atoms with van der Waals surface area (Å²) in [6.45, 7) is 3.76. The summed E-state index contributed by atoms with van der Waals surface area (Å²) in [5.41, 5.74) is 0.126. The van der Waals surface area contributed by atoms with Crippen molar-refractivity contribution < 1.29 is 24.2 Å². The number of ether oxygens (including phenoxy) is 1. The van der Waals surface area contributed by atoms with Crippen LogP contribution in [0.5, 0.6) is 0 Å². The van der Waals surface area contributed by atoms with Crippen LogP contribution in [0, 0.1) is 17.8 Å². The van der Waals surface area contributed by atoms with Crippen LogP contribution in [0.15, 0.2) is 54.6 Å². The van der Waals surface area contributed by atoms with E-state index < -0.39 is 41.5 Å². The molecule has 0 aliphatic carbocycles. The number of rotatable bonds is 8. The van der Waals surface area contributed by atoms with Crippen molar-refractivity contribution in [3.63, 3.8) is 0 Å². The molecule has 5 rings (SSSR count). The lowest BCUT2D eigenvalue weighted by Gasteiger charge is -2.38. The van der Waals surface area contributed by atoms with Crippen molar-refractivity contribution in [2.45, 2.75) is 55.4 Å². The molecule has 3 aliphatic heterocycles. The van der Waals surface area contributed by atoms with Crippen molar-refractivity contribution in [2.24, 2.45) is 17.8 Å². The zero-order valence-electron chi connectivity index (χ0n) is 21.1. The summed E-state index contributed by atoms with van der Waals surface area (Å²) < 4.78 is 6.51. The van der Waals surface area contributed by atoms with E-state index in [1.165, 1.54) is 4.90 Å². The molecule has 0 aromatic heterocycles. The molecule has 3 heterocycles. The first-order chi connectivity index (χ1) is 18.2. The number of fused-ring (bicyclic) bond motifs is 1. The number of carbonyl (C=O) groups excluding carboxylic acids is 3. The molecule has 8 nitrogen and oxygen atoms in total. The zero-order chi connectivity index (χ0) is 27.2. The van der Waals surface area contributed by atoms with Crippen LogP contribution < -0.4 is 10.6 Å². The monoisotopic (exact) mass is 603 g/mol. The van der Waals surface area contributed by atoms with Crippen molar-refractivity contribution in [1.82, 2.24) is 10.2 Å². The molecule has 3 fully saturated rings. The third-order valence-electron chi connectivity index (χ3n) is 8.03. The molecule has 0 saturated carbocycles. The molecule has 2 aromatic carbocycles. The first kappa shape index (κ1) is 27.1. The van der Waals surface area contributed by atoms with Gasteiger partial charge in [-0.3, -0.25) is 14.4 Å². The number of aliphatic hydroxyl groups excluding tert-OH is 1. The van der Waals surface area contributed by atoms with Crippen molar-refractivity contribution >= 4 is 50.9 Å².